The van der Waals surface area contributed by atoms with Crippen molar-refractivity contribution >= 4 is 40.7 Å². The average Bonchev–Trinajstić information content (AvgIpc) is 3.35. The number of likely N-dealkylation sites (tertiary alicyclic amines) is 1. The molecule has 2 aromatic rings. The van der Waals surface area contributed by atoms with Crippen LogP contribution in [0.2, 0.25) is 0 Å². The second kappa shape index (κ2) is 7.71. The lowest BCUT2D eigenvalue weighted by Crippen LogP contribution is -2.54. The van der Waals surface area contributed by atoms with Gasteiger partial charge in [0.25, 0.3) is 5.91 Å². The number of carbonyl (C=O) groups is 2. The quantitative estimate of drug-likeness (QED) is 0.786. The fourth-order valence-electron chi connectivity index (χ4n) is 3.68. The summed E-state index contributed by atoms with van der Waals surface area (Å²) < 4.78 is 26.4. The average molecular weight is 424 g/mol. The Balaban J connectivity index is 1.40. The van der Waals surface area contributed by atoms with E-state index in [0.717, 1.165) is 22.8 Å². The molecule has 148 valence electrons. The van der Waals surface area contributed by atoms with Crippen LogP contribution in [0.1, 0.15) is 22.5 Å². The van der Waals surface area contributed by atoms with E-state index >= 15 is 0 Å². The van der Waals surface area contributed by atoms with E-state index in [-0.39, 0.29) is 22.5 Å². The highest BCUT2D eigenvalue weighted by Gasteiger charge is 2.47. The van der Waals surface area contributed by atoms with Gasteiger partial charge in [0.15, 0.2) is 11.6 Å². The number of amides is 3. The Bertz CT molecular complexity index is 883. The van der Waals surface area contributed by atoms with Crippen molar-refractivity contribution in [2.75, 3.05) is 30.7 Å². The maximum atomic E-state index is 13.3. The van der Waals surface area contributed by atoms with Gasteiger partial charge in [-0.3, -0.25) is 4.79 Å². The van der Waals surface area contributed by atoms with Gasteiger partial charge in [0, 0.05) is 37.1 Å². The molecule has 3 amide bonds. The Kier molecular flexibility index (Phi) is 5.29. The first-order valence-corrected chi connectivity index (χ1v) is 10.9. The molecule has 2 aliphatic heterocycles. The number of piperidine rings is 1. The zero-order chi connectivity index (χ0) is 19.7. The third kappa shape index (κ3) is 3.60. The van der Waals surface area contributed by atoms with Crippen molar-refractivity contribution in [3.05, 3.63) is 52.2 Å². The number of anilines is 1. The zero-order valence-corrected chi connectivity index (χ0v) is 16.6. The van der Waals surface area contributed by atoms with Crippen molar-refractivity contribution in [1.82, 2.24) is 9.80 Å². The van der Waals surface area contributed by atoms with E-state index in [2.05, 4.69) is 5.32 Å². The Morgan fingerprint density at radius 3 is 2.54 bits per heavy atom. The first kappa shape index (κ1) is 19.2. The molecule has 5 nitrogen and oxygen atoms in total. The largest absolute Gasteiger partial charge is 0.324 e. The molecule has 2 aliphatic rings. The predicted octanol–water partition coefficient (Wildman–Crippen LogP) is 4.24. The van der Waals surface area contributed by atoms with Crippen LogP contribution in [-0.4, -0.2) is 52.0 Å². The highest BCUT2D eigenvalue weighted by atomic mass is 32.2. The maximum Gasteiger partial charge on any atom is 0.321 e. The summed E-state index contributed by atoms with van der Waals surface area (Å²) in [5.41, 5.74) is 0.217. The normalized spacial score (nSPS) is 18.5. The standard InChI is InChI=1S/C19H19F2N3O2S2/c20-14-4-3-13(12-15(14)21)22-18(26)23-7-5-19(6-8-23)24(9-11-28-19)17(25)16-2-1-10-27-16/h1-4,10,12H,5-9,11H2,(H,22,26). The van der Waals surface area contributed by atoms with E-state index in [0.29, 0.717) is 32.5 Å². The maximum absolute atomic E-state index is 13.3. The number of hydrogen-bond donors (Lipinski definition) is 1. The van der Waals surface area contributed by atoms with Crippen LogP contribution in [0.15, 0.2) is 35.7 Å². The molecule has 1 aromatic heterocycles. The summed E-state index contributed by atoms with van der Waals surface area (Å²) in [4.78, 5) is 29.4. The third-order valence-electron chi connectivity index (χ3n) is 5.16. The number of thiophene rings is 1. The molecule has 0 atom stereocenters. The minimum absolute atomic E-state index is 0.0553. The Labute approximate surface area is 169 Å². The molecule has 1 aromatic carbocycles. The van der Waals surface area contributed by atoms with Crippen LogP contribution in [0.4, 0.5) is 19.3 Å². The summed E-state index contributed by atoms with van der Waals surface area (Å²) in [5, 5.41) is 4.51. The summed E-state index contributed by atoms with van der Waals surface area (Å²) in [5.74, 6) is -1.01. The summed E-state index contributed by atoms with van der Waals surface area (Å²) in [6.07, 6.45) is 1.36. The van der Waals surface area contributed by atoms with Gasteiger partial charge >= 0.3 is 6.03 Å². The van der Waals surface area contributed by atoms with Crippen LogP contribution in [0, 0.1) is 11.6 Å². The molecular formula is C19H19F2N3O2S2. The minimum Gasteiger partial charge on any atom is -0.324 e. The van der Waals surface area contributed by atoms with Crippen molar-refractivity contribution in [2.45, 2.75) is 17.7 Å². The first-order valence-electron chi connectivity index (χ1n) is 8.99. The van der Waals surface area contributed by atoms with Gasteiger partial charge in [-0.15, -0.1) is 23.1 Å². The number of nitrogens with one attached hydrogen (secondary N) is 1. The predicted molar refractivity (Wildman–Crippen MR) is 107 cm³/mol. The molecule has 4 rings (SSSR count). The molecule has 2 fully saturated rings. The van der Waals surface area contributed by atoms with E-state index in [1.807, 2.05) is 22.4 Å². The van der Waals surface area contributed by atoms with Crippen LogP contribution in [0.3, 0.4) is 0 Å². The number of hydrogen-bond acceptors (Lipinski definition) is 4. The van der Waals surface area contributed by atoms with E-state index < -0.39 is 11.6 Å². The summed E-state index contributed by atoms with van der Waals surface area (Å²) >= 11 is 3.22. The van der Waals surface area contributed by atoms with Gasteiger partial charge in [0.2, 0.25) is 0 Å². The molecular weight excluding hydrogens is 404 g/mol. The summed E-state index contributed by atoms with van der Waals surface area (Å²) in [6.45, 7) is 1.70. The molecule has 9 heteroatoms. The highest BCUT2D eigenvalue weighted by Crippen LogP contribution is 2.44. The van der Waals surface area contributed by atoms with Crippen molar-refractivity contribution in [3.63, 3.8) is 0 Å². The smallest absolute Gasteiger partial charge is 0.321 e. The van der Waals surface area contributed by atoms with Crippen molar-refractivity contribution in [1.29, 1.82) is 0 Å². The highest BCUT2D eigenvalue weighted by molar-refractivity contribution is 8.00. The lowest BCUT2D eigenvalue weighted by Gasteiger charge is -2.43. The number of rotatable bonds is 2. The second-order valence-electron chi connectivity index (χ2n) is 6.77. The number of nitrogens with zero attached hydrogens (tertiary/aromatic N) is 2. The molecule has 0 radical (unpaired) electrons. The third-order valence-corrected chi connectivity index (χ3v) is 7.57. The van der Waals surface area contributed by atoms with E-state index in [1.165, 1.54) is 17.4 Å². The fourth-order valence-corrected chi connectivity index (χ4v) is 5.81. The van der Waals surface area contributed by atoms with Gasteiger partial charge in [0.1, 0.15) is 0 Å². The Morgan fingerprint density at radius 2 is 1.86 bits per heavy atom. The van der Waals surface area contributed by atoms with E-state index in [4.69, 9.17) is 0 Å². The lowest BCUT2D eigenvalue weighted by atomic mass is 10.0. The van der Waals surface area contributed by atoms with Gasteiger partial charge in [-0.05, 0) is 36.4 Å². The molecule has 0 aliphatic carbocycles. The number of halogens is 2. The topological polar surface area (TPSA) is 52.7 Å². The van der Waals surface area contributed by atoms with Gasteiger partial charge in [-0.2, -0.15) is 0 Å². The molecule has 1 spiro atoms. The lowest BCUT2D eigenvalue weighted by molar-refractivity contribution is 0.0590. The van der Waals surface area contributed by atoms with Crippen LogP contribution in [-0.2, 0) is 0 Å². The molecule has 0 saturated carbocycles. The first-order chi connectivity index (χ1) is 13.5. The number of urea groups is 1. The molecule has 3 heterocycles. The van der Waals surface area contributed by atoms with Crippen LogP contribution in [0.25, 0.3) is 0 Å². The fraction of sp³-hybridized carbons (Fsp3) is 0.368. The monoisotopic (exact) mass is 423 g/mol. The minimum atomic E-state index is -1.000. The van der Waals surface area contributed by atoms with E-state index in [1.54, 1.807) is 16.7 Å². The molecule has 2 saturated heterocycles. The Hall–Kier alpha value is -2.13. The van der Waals surface area contributed by atoms with Crippen molar-refractivity contribution in [3.8, 4) is 0 Å². The van der Waals surface area contributed by atoms with Gasteiger partial charge in [-0.1, -0.05) is 6.07 Å². The second-order valence-corrected chi connectivity index (χ2v) is 9.18. The van der Waals surface area contributed by atoms with Crippen molar-refractivity contribution < 1.29 is 18.4 Å². The number of benzene rings is 1. The van der Waals surface area contributed by atoms with Crippen LogP contribution in [0.5, 0.6) is 0 Å². The van der Waals surface area contributed by atoms with Crippen LogP contribution < -0.4 is 5.32 Å². The number of thioether (sulfide) groups is 1. The van der Waals surface area contributed by atoms with Crippen molar-refractivity contribution in [2.24, 2.45) is 0 Å². The molecule has 28 heavy (non-hydrogen) atoms. The molecule has 0 bridgehead atoms. The molecule has 1 N–H and O–H groups in total. The number of carbonyl (C=O) groups excluding carboxylic acids is 2. The van der Waals surface area contributed by atoms with Gasteiger partial charge in [0.05, 0.1) is 9.75 Å². The van der Waals surface area contributed by atoms with Gasteiger partial charge < -0.3 is 15.1 Å². The summed E-state index contributed by atoms with van der Waals surface area (Å²) in [6, 6.07) is 6.65. The molecule has 0 unspecified atom stereocenters. The van der Waals surface area contributed by atoms with Crippen LogP contribution >= 0.6 is 23.1 Å². The zero-order valence-electron chi connectivity index (χ0n) is 15.0. The SMILES string of the molecule is O=C(Nc1ccc(F)c(F)c1)N1CCC2(CC1)SCCN2C(=O)c1cccs1. The summed E-state index contributed by atoms with van der Waals surface area (Å²) in [7, 11) is 0. The van der Waals surface area contributed by atoms with E-state index in [9.17, 15) is 18.4 Å². The van der Waals surface area contributed by atoms with Gasteiger partial charge in [-0.25, -0.2) is 13.6 Å². The Morgan fingerprint density at radius 1 is 1.07 bits per heavy atom.